The van der Waals surface area contributed by atoms with Gasteiger partial charge in [-0.15, -0.1) is 0 Å². The predicted molar refractivity (Wildman–Crippen MR) is 137 cm³/mol. The lowest BCUT2D eigenvalue weighted by Crippen LogP contribution is -2.46. The van der Waals surface area contributed by atoms with Crippen LogP contribution >= 0.6 is 0 Å². The van der Waals surface area contributed by atoms with Crippen LogP contribution in [0.5, 0.6) is 0 Å². The molecule has 2 aliphatic heterocycles. The summed E-state index contributed by atoms with van der Waals surface area (Å²) in [4.78, 5) is 47.0. The maximum Gasteiger partial charge on any atom is 0.279 e. The minimum Gasteiger partial charge on any atom is -0.349 e. The molecule has 7 heteroatoms. The number of nitrogens with zero attached hydrogens (tertiary/aromatic N) is 3. The third-order valence-corrected chi connectivity index (χ3v) is 8.43. The van der Waals surface area contributed by atoms with E-state index in [9.17, 15) is 14.4 Å². The first-order valence-electron chi connectivity index (χ1n) is 13.4. The van der Waals surface area contributed by atoms with E-state index in [-0.39, 0.29) is 29.7 Å². The maximum atomic E-state index is 13.3. The van der Waals surface area contributed by atoms with Crippen LogP contribution in [0.2, 0.25) is 0 Å². The van der Waals surface area contributed by atoms with Crippen molar-refractivity contribution in [3.8, 4) is 0 Å². The van der Waals surface area contributed by atoms with Crippen molar-refractivity contribution in [2.24, 2.45) is 11.3 Å². The van der Waals surface area contributed by atoms with E-state index in [1.165, 1.54) is 4.90 Å². The number of amides is 3. The van der Waals surface area contributed by atoms with Gasteiger partial charge in [0.15, 0.2) is 0 Å². The van der Waals surface area contributed by atoms with Crippen molar-refractivity contribution in [2.75, 3.05) is 26.2 Å². The molecular weight excluding hydrogens is 452 g/mol. The van der Waals surface area contributed by atoms with Crippen LogP contribution in [0.4, 0.5) is 0 Å². The number of benzene rings is 1. The van der Waals surface area contributed by atoms with E-state index < -0.39 is 5.41 Å². The van der Waals surface area contributed by atoms with Gasteiger partial charge >= 0.3 is 0 Å². The van der Waals surface area contributed by atoms with E-state index in [0.29, 0.717) is 12.2 Å². The summed E-state index contributed by atoms with van der Waals surface area (Å²) in [6.07, 6.45) is 8.97. The molecule has 5 rings (SSSR count). The van der Waals surface area contributed by atoms with E-state index in [1.807, 2.05) is 18.2 Å². The van der Waals surface area contributed by atoms with Gasteiger partial charge in [0.2, 0.25) is 11.8 Å². The zero-order valence-corrected chi connectivity index (χ0v) is 20.9. The Labute approximate surface area is 213 Å². The average Bonchev–Trinajstić information content (AvgIpc) is 3.57. The predicted octanol–water partition coefficient (Wildman–Crippen LogP) is 3.97. The highest BCUT2D eigenvalue weighted by atomic mass is 16.2. The van der Waals surface area contributed by atoms with Crippen molar-refractivity contribution in [1.29, 1.82) is 0 Å². The first kappa shape index (κ1) is 24.6. The molecule has 3 heterocycles. The molecule has 1 N–H and O–H groups in total. The summed E-state index contributed by atoms with van der Waals surface area (Å²) in [7, 11) is 0. The lowest BCUT2D eigenvalue weighted by molar-refractivity contribution is -0.136. The molecule has 1 aromatic heterocycles. The molecule has 3 aliphatic rings. The third-order valence-electron chi connectivity index (χ3n) is 8.43. The number of piperidine rings is 1. The van der Waals surface area contributed by atoms with Crippen LogP contribution in [0.1, 0.15) is 73.5 Å². The topological polar surface area (TPSA) is 82.6 Å². The maximum absolute atomic E-state index is 13.3. The van der Waals surface area contributed by atoms with Crippen LogP contribution in [0.15, 0.2) is 54.7 Å². The lowest BCUT2D eigenvalue weighted by atomic mass is 9.77. The number of imide groups is 1. The Morgan fingerprint density at radius 3 is 2.36 bits per heavy atom. The van der Waals surface area contributed by atoms with Crippen LogP contribution < -0.4 is 5.32 Å². The van der Waals surface area contributed by atoms with Crippen molar-refractivity contribution >= 4 is 17.7 Å². The number of likely N-dealkylation sites (tertiary alicyclic amines) is 2. The minimum atomic E-state index is -0.434. The number of hydrogen-bond acceptors (Lipinski definition) is 5. The van der Waals surface area contributed by atoms with Crippen LogP contribution in [0.3, 0.4) is 0 Å². The first-order valence-corrected chi connectivity index (χ1v) is 13.4. The summed E-state index contributed by atoms with van der Waals surface area (Å²) in [5.74, 6) is 0.0109. The summed E-state index contributed by atoms with van der Waals surface area (Å²) < 4.78 is 0. The van der Waals surface area contributed by atoms with Gasteiger partial charge in [-0.1, -0.05) is 49.2 Å². The molecule has 1 aromatic carbocycles. The van der Waals surface area contributed by atoms with Crippen molar-refractivity contribution in [3.05, 3.63) is 66.0 Å². The van der Waals surface area contributed by atoms with Crippen LogP contribution in [0.25, 0.3) is 0 Å². The molecule has 3 amide bonds. The molecule has 0 radical (unpaired) electrons. The van der Waals surface area contributed by atoms with Gasteiger partial charge in [0.25, 0.3) is 5.91 Å². The lowest BCUT2D eigenvalue weighted by Gasteiger charge is -2.38. The van der Waals surface area contributed by atoms with Crippen molar-refractivity contribution < 1.29 is 14.4 Å². The van der Waals surface area contributed by atoms with Gasteiger partial charge in [0, 0.05) is 25.2 Å². The summed E-state index contributed by atoms with van der Waals surface area (Å²) in [5.41, 5.74) is 1.04. The van der Waals surface area contributed by atoms with E-state index in [1.54, 1.807) is 24.4 Å². The van der Waals surface area contributed by atoms with Gasteiger partial charge in [-0.3, -0.25) is 24.3 Å². The molecule has 1 aliphatic carbocycles. The molecule has 3 fully saturated rings. The fraction of sp³-hybridized carbons (Fsp3) is 0.517. The number of pyridine rings is 1. The largest absolute Gasteiger partial charge is 0.349 e. The quantitative estimate of drug-likeness (QED) is 0.597. The fourth-order valence-electron chi connectivity index (χ4n) is 6.11. The van der Waals surface area contributed by atoms with Gasteiger partial charge in [-0.05, 0) is 69.3 Å². The smallest absolute Gasteiger partial charge is 0.279 e. The second-order valence-electron chi connectivity index (χ2n) is 10.6. The molecule has 0 unspecified atom stereocenters. The second kappa shape index (κ2) is 10.9. The zero-order chi connectivity index (χ0) is 25.0. The van der Waals surface area contributed by atoms with Gasteiger partial charge in [0.05, 0.1) is 11.5 Å². The molecular formula is C29H36N4O3. The number of nitrogens with one attached hydrogen (secondary N) is 1. The minimum absolute atomic E-state index is 0.00483. The van der Waals surface area contributed by atoms with Crippen molar-refractivity contribution in [2.45, 2.75) is 57.4 Å². The number of rotatable bonds is 7. The van der Waals surface area contributed by atoms with Gasteiger partial charge < -0.3 is 10.2 Å². The Bertz CT molecular complexity index is 1060. The van der Waals surface area contributed by atoms with Gasteiger partial charge in [-0.25, -0.2) is 0 Å². The summed E-state index contributed by atoms with van der Waals surface area (Å²) >= 11 is 0. The van der Waals surface area contributed by atoms with Crippen molar-refractivity contribution in [3.63, 3.8) is 0 Å². The summed E-state index contributed by atoms with van der Waals surface area (Å²) in [6, 6.07) is 15.4. The molecule has 1 spiro atoms. The molecule has 2 aromatic rings. The van der Waals surface area contributed by atoms with E-state index in [4.69, 9.17) is 0 Å². The molecule has 36 heavy (non-hydrogen) atoms. The Kier molecular flexibility index (Phi) is 7.46. The molecule has 1 saturated carbocycles. The van der Waals surface area contributed by atoms with Gasteiger partial charge in [-0.2, -0.15) is 0 Å². The summed E-state index contributed by atoms with van der Waals surface area (Å²) in [5, 5.41) is 3.33. The van der Waals surface area contributed by atoms with Crippen LogP contribution in [-0.2, 0) is 9.59 Å². The molecule has 7 nitrogen and oxygen atoms in total. The normalized spacial score (nSPS) is 21.1. The van der Waals surface area contributed by atoms with E-state index >= 15 is 0 Å². The fourth-order valence-corrected chi connectivity index (χ4v) is 6.11. The molecule has 0 bridgehead atoms. The number of aromatic nitrogens is 1. The van der Waals surface area contributed by atoms with Crippen molar-refractivity contribution in [1.82, 2.24) is 20.1 Å². The third kappa shape index (κ3) is 5.21. The van der Waals surface area contributed by atoms with Crippen LogP contribution in [-0.4, -0.2) is 58.7 Å². The SMILES string of the molecule is O=C(N[C@@H](CCN1CCC2(CC1)CCN(C(=O)c1ccccn1)C2=O)c1ccccc1)C1CCCC1. The number of hydrogen-bond donors (Lipinski definition) is 1. The Morgan fingerprint density at radius 2 is 1.67 bits per heavy atom. The van der Waals surface area contributed by atoms with Crippen LogP contribution in [0, 0.1) is 11.3 Å². The molecule has 2 saturated heterocycles. The monoisotopic (exact) mass is 488 g/mol. The average molecular weight is 489 g/mol. The molecule has 190 valence electrons. The van der Waals surface area contributed by atoms with E-state index in [0.717, 1.165) is 76.6 Å². The Morgan fingerprint density at radius 1 is 0.972 bits per heavy atom. The zero-order valence-electron chi connectivity index (χ0n) is 20.9. The standard InChI is InChI=1S/C29H36N4O3/c34-26(23-10-4-5-11-23)31-24(22-8-2-1-3-9-22)13-18-32-19-14-29(15-20-32)16-21-33(28(29)36)27(35)25-12-6-7-17-30-25/h1-3,6-9,12,17,23-24H,4-5,10-11,13-16,18-21H2,(H,31,34)/t24-/m0/s1. The highest BCUT2D eigenvalue weighted by Gasteiger charge is 2.50. The van der Waals surface area contributed by atoms with E-state index in [2.05, 4.69) is 27.3 Å². The molecule has 1 atom stereocenters. The Hall–Kier alpha value is -3.06. The highest BCUT2D eigenvalue weighted by Crippen LogP contribution is 2.42. The second-order valence-corrected chi connectivity index (χ2v) is 10.6. The summed E-state index contributed by atoms with van der Waals surface area (Å²) in [6.45, 7) is 2.99. The first-order chi connectivity index (χ1) is 17.6. The number of carbonyl (C=O) groups is 3. The van der Waals surface area contributed by atoms with Gasteiger partial charge in [0.1, 0.15) is 5.69 Å². The number of carbonyl (C=O) groups excluding carboxylic acids is 3. The highest BCUT2D eigenvalue weighted by molar-refractivity contribution is 6.06. The Balaban J connectivity index is 1.17.